The van der Waals surface area contributed by atoms with Crippen LogP contribution in [-0.4, -0.2) is 21.0 Å². The van der Waals surface area contributed by atoms with Gasteiger partial charge in [-0.05, 0) is 59.2 Å². The Morgan fingerprint density at radius 3 is 2.56 bits per heavy atom. The average molecular weight is 403 g/mol. The molecule has 1 aromatic carbocycles. The summed E-state index contributed by atoms with van der Waals surface area (Å²) < 4.78 is 0. The number of rotatable bonds is 5. The van der Waals surface area contributed by atoms with E-state index < -0.39 is 4.87 Å². The highest BCUT2D eigenvalue weighted by atomic mass is 35.5. The van der Waals surface area contributed by atoms with Crippen molar-refractivity contribution in [3.05, 3.63) is 69.4 Å². The van der Waals surface area contributed by atoms with E-state index in [9.17, 15) is 10.3 Å². The molecule has 2 unspecified atom stereocenters. The third kappa shape index (κ3) is 3.62. The zero-order chi connectivity index (χ0) is 19.6. The number of phenolic OH excluding ortho intramolecular Hbond substituents is 1. The lowest BCUT2D eigenvalue weighted by molar-refractivity contribution is 0.315. The number of aromatic hydroxyl groups is 1. The van der Waals surface area contributed by atoms with Crippen molar-refractivity contribution in [2.24, 2.45) is 10.9 Å². The van der Waals surface area contributed by atoms with Crippen molar-refractivity contribution in [1.29, 1.82) is 0 Å². The lowest BCUT2D eigenvalue weighted by Gasteiger charge is -2.37. The van der Waals surface area contributed by atoms with Gasteiger partial charge < -0.3 is 16.0 Å². The van der Waals surface area contributed by atoms with Crippen molar-refractivity contribution in [3.63, 3.8) is 0 Å². The highest BCUT2D eigenvalue weighted by Crippen LogP contribution is 2.51. The lowest BCUT2D eigenvalue weighted by atomic mass is 9.74. The molecular formula is C21H23ClN2O2S. The minimum Gasteiger partial charge on any atom is -0.508 e. The molecule has 0 amide bonds. The maximum atomic E-state index is 9.69. The normalized spacial score (nSPS) is 23.1. The molecule has 4 nitrogen and oxygen atoms in total. The van der Waals surface area contributed by atoms with Gasteiger partial charge in [0.2, 0.25) is 0 Å². The topological polar surface area (TPSA) is 78.8 Å². The van der Waals surface area contributed by atoms with Crippen LogP contribution in [0.3, 0.4) is 0 Å². The number of aryl methyl sites for hydroxylation is 1. The predicted octanol–water partition coefficient (Wildman–Crippen LogP) is 5.39. The number of halogens is 1. The van der Waals surface area contributed by atoms with Crippen LogP contribution in [0.15, 0.2) is 58.6 Å². The van der Waals surface area contributed by atoms with Gasteiger partial charge in [0.15, 0.2) is 5.84 Å². The number of hydrogen-bond donors (Lipinski definition) is 3. The summed E-state index contributed by atoms with van der Waals surface area (Å²) in [4.78, 5) is -0.0978. The standard InChI is InChI=1S/C21H23ClN2O2S/c1-3-4-14-11-17(15-5-7-16(25)8-6-15)18(19-13(2)9-10-27-19)21(22,12-14)20(23)24-26/h5-12,18,25-26H,3-4H2,1-2H3,(H2,23,24). The van der Waals surface area contributed by atoms with Gasteiger partial charge in [-0.25, -0.2) is 0 Å². The Balaban J connectivity index is 2.26. The molecule has 4 N–H and O–H groups in total. The summed E-state index contributed by atoms with van der Waals surface area (Å²) >= 11 is 8.69. The molecule has 0 spiro atoms. The molecule has 0 saturated carbocycles. The van der Waals surface area contributed by atoms with E-state index in [0.717, 1.165) is 40.0 Å². The van der Waals surface area contributed by atoms with Gasteiger partial charge in [0.25, 0.3) is 0 Å². The van der Waals surface area contributed by atoms with E-state index >= 15 is 0 Å². The van der Waals surface area contributed by atoms with Crippen LogP contribution in [-0.2, 0) is 0 Å². The largest absolute Gasteiger partial charge is 0.508 e. The minimum absolute atomic E-state index is 0.0278. The zero-order valence-corrected chi connectivity index (χ0v) is 16.9. The molecule has 27 heavy (non-hydrogen) atoms. The van der Waals surface area contributed by atoms with Gasteiger partial charge in [-0.3, -0.25) is 0 Å². The summed E-state index contributed by atoms with van der Waals surface area (Å²) in [7, 11) is 0. The third-order valence-corrected chi connectivity index (χ3v) is 6.48. The van der Waals surface area contributed by atoms with Gasteiger partial charge in [0, 0.05) is 10.8 Å². The van der Waals surface area contributed by atoms with Gasteiger partial charge in [-0.1, -0.05) is 42.8 Å². The fraction of sp³-hybridized carbons (Fsp3) is 0.286. The van der Waals surface area contributed by atoms with Gasteiger partial charge in [-0.2, -0.15) is 0 Å². The summed E-state index contributed by atoms with van der Waals surface area (Å²) in [5.41, 5.74) is 10.2. The van der Waals surface area contributed by atoms with Crippen molar-refractivity contribution >= 4 is 34.3 Å². The molecule has 142 valence electrons. The molecule has 3 rings (SSSR count). The second kappa shape index (κ2) is 7.79. The molecule has 0 fully saturated rings. The Bertz CT molecular complexity index is 915. The summed E-state index contributed by atoms with van der Waals surface area (Å²) in [5.74, 6) is -0.128. The average Bonchev–Trinajstić information content (AvgIpc) is 3.07. The maximum Gasteiger partial charge on any atom is 0.165 e. The number of alkyl halides is 1. The Morgan fingerprint density at radius 2 is 2.00 bits per heavy atom. The van der Waals surface area contributed by atoms with E-state index in [1.165, 1.54) is 0 Å². The molecular weight excluding hydrogens is 380 g/mol. The molecule has 2 atom stereocenters. The van der Waals surface area contributed by atoms with Crippen LogP contribution < -0.4 is 5.73 Å². The molecule has 0 aliphatic heterocycles. The summed E-state index contributed by atoms with van der Waals surface area (Å²) in [6, 6.07) is 9.10. The Morgan fingerprint density at radius 1 is 1.30 bits per heavy atom. The van der Waals surface area contributed by atoms with Gasteiger partial charge >= 0.3 is 0 Å². The van der Waals surface area contributed by atoms with Crippen LogP contribution in [0.2, 0.25) is 0 Å². The Kier molecular flexibility index (Phi) is 5.63. The van der Waals surface area contributed by atoms with Crippen molar-refractivity contribution in [2.75, 3.05) is 0 Å². The predicted molar refractivity (Wildman–Crippen MR) is 113 cm³/mol. The number of amidine groups is 1. The van der Waals surface area contributed by atoms with Crippen LogP contribution in [0.4, 0.5) is 0 Å². The first-order chi connectivity index (χ1) is 12.9. The SMILES string of the molecule is CCCC1=CC(Cl)(/C(N)=N/O)C(c2sccc2C)C(c2ccc(O)cc2)=C1. The van der Waals surface area contributed by atoms with Crippen LogP contribution in [0.5, 0.6) is 5.75 Å². The second-order valence-electron chi connectivity index (χ2n) is 6.77. The number of thiophene rings is 1. The minimum atomic E-state index is -1.17. The smallest absolute Gasteiger partial charge is 0.165 e. The van der Waals surface area contributed by atoms with Crippen molar-refractivity contribution in [2.45, 2.75) is 37.5 Å². The van der Waals surface area contributed by atoms with Crippen molar-refractivity contribution in [1.82, 2.24) is 0 Å². The molecule has 1 aliphatic carbocycles. The summed E-state index contributed by atoms with van der Waals surface area (Å²) in [5, 5.41) is 24.4. The molecule has 1 aliphatic rings. The number of hydrogen-bond acceptors (Lipinski definition) is 4. The number of nitrogens with zero attached hydrogens (tertiary/aromatic N) is 1. The first-order valence-electron chi connectivity index (χ1n) is 8.84. The number of oxime groups is 1. The van der Waals surface area contributed by atoms with Crippen LogP contribution in [0, 0.1) is 6.92 Å². The molecule has 6 heteroatoms. The van der Waals surface area contributed by atoms with E-state index in [4.69, 9.17) is 17.3 Å². The van der Waals surface area contributed by atoms with Crippen molar-refractivity contribution in [3.8, 4) is 5.75 Å². The third-order valence-electron chi connectivity index (χ3n) is 4.87. The molecule has 1 aromatic heterocycles. The molecule has 0 bridgehead atoms. The van der Waals surface area contributed by atoms with Gasteiger partial charge in [-0.15, -0.1) is 22.9 Å². The van der Waals surface area contributed by atoms with Crippen LogP contribution in [0.25, 0.3) is 5.57 Å². The monoisotopic (exact) mass is 402 g/mol. The fourth-order valence-electron chi connectivity index (χ4n) is 3.55. The quantitative estimate of drug-likeness (QED) is 0.206. The highest BCUT2D eigenvalue weighted by Gasteiger charge is 2.46. The number of nitrogens with two attached hydrogens (primary N) is 1. The first kappa shape index (κ1) is 19.5. The van der Waals surface area contributed by atoms with E-state index in [1.807, 2.05) is 36.6 Å². The number of allylic oxidation sites excluding steroid dienone is 3. The number of phenols is 1. The summed E-state index contributed by atoms with van der Waals surface area (Å²) in [6.07, 6.45) is 5.85. The first-order valence-corrected chi connectivity index (χ1v) is 10.1. The van der Waals surface area contributed by atoms with Crippen molar-refractivity contribution < 1.29 is 10.3 Å². The fourth-order valence-corrected chi connectivity index (χ4v) is 5.14. The molecule has 1 heterocycles. The molecule has 0 saturated heterocycles. The zero-order valence-electron chi connectivity index (χ0n) is 15.3. The number of benzene rings is 1. The highest BCUT2D eigenvalue weighted by molar-refractivity contribution is 7.10. The van der Waals surface area contributed by atoms with E-state index in [1.54, 1.807) is 23.5 Å². The Labute approximate surface area is 168 Å². The van der Waals surface area contributed by atoms with E-state index in [0.29, 0.717) is 0 Å². The second-order valence-corrected chi connectivity index (χ2v) is 8.34. The van der Waals surface area contributed by atoms with E-state index in [-0.39, 0.29) is 17.5 Å². The van der Waals surface area contributed by atoms with Crippen LogP contribution >= 0.6 is 22.9 Å². The van der Waals surface area contributed by atoms with E-state index in [2.05, 4.69) is 18.2 Å². The van der Waals surface area contributed by atoms with Crippen LogP contribution in [0.1, 0.15) is 41.7 Å². The van der Waals surface area contributed by atoms with Gasteiger partial charge in [0.05, 0.1) is 0 Å². The Hall–Kier alpha value is -2.24. The maximum absolute atomic E-state index is 9.69. The van der Waals surface area contributed by atoms with Gasteiger partial charge in [0.1, 0.15) is 10.6 Å². The molecule has 0 radical (unpaired) electrons. The lowest BCUT2D eigenvalue weighted by Crippen LogP contribution is -2.44. The summed E-state index contributed by atoms with van der Waals surface area (Å²) in [6.45, 7) is 4.14. The molecule has 2 aromatic rings.